The number of aryl methyl sites for hydroxylation is 1. The number of fused-ring (bicyclic) bond motifs is 2. The lowest BCUT2D eigenvalue weighted by Gasteiger charge is -2.24. The van der Waals surface area contributed by atoms with Crippen LogP contribution in [0.15, 0.2) is 30.6 Å². The van der Waals surface area contributed by atoms with Gasteiger partial charge in [-0.1, -0.05) is 0 Å². The zero-order valence-corrected chi connectivity index (χ0v) is 14.9. The van der Waals surface area contributed by atoms with Crippen molar-refractivity contribution in [2.24, 2.45) is 7.05 Å². The normalized spacial score (nSPS) is 22.6. The zero-order chi connectivity index (χ0) is 17.8. The van der Waals surface area contributed by atoms with Crippen LogP contribution in [-0.2, 0) is 22.5 Å². The fourth-order valence-corrected chi connectivity index (χ4v) is 4.84. The van der Waals surface area contributed by atoms with Gasteiger partial charge in [-0.25, -0.2) is 8.42 Å². The summed E-state index contributed by atoms with van der Waals surface area (Å²) in [5.74, 6) is -0.0906. The summed E-state index contributed by atoms with van der Waals surface area (Å²) in [7, 11) is -1.66. The fraction of sp³-hybridized carbons (Fsp3) is 0.438. The Morgan fingerprint density at radius 1 is 1.24 bits per heavy atom. The highest BCUT2D eigenvalue weighted by molar-refractivity contribution is 7.92. The lowest BCUT2D eigenvalue weighted by molar-refractivity contribution is 0.0773. The first-order chi connectivity index (χ1) is 11.8. The SMILES string of the molecule is Cn1nccc1C(=O)N1CC[C@@]2(C1)CN(S(C)(=O)=O)c1cccnc12. The number of nitrogens with zero attached hydrogens (tertiary/aromatic N) is 5. The molecule has 1 amide bonds. The molecule has 9 heteroatoms. The predicted molar refractivity (Wildman–Crippen MR) is 91.8 cm³/mol. The lowest BCUT2D eigenvalue weighted by atomic mass is 9.85. The molecule has 0 saturated carbocycles. The van der Waals surface area contributed by atoms with E-state index in [1.807, 2.05) is 0 Å². The molecule has 1 saturated heterocycles. The number of amides is 1. The largest absolute Gasteiger partial charge is 0.336 e. The molecule has 0 bridgehead atoms. The van der Waals surface area contributed by atoms with Crippen LogP contribution in [0.5, 0.6) is 0 Å². The molecule has 25 heavy (non-hydrogen) atoms. The first-order valence-electron chi connectivity index (χ1n) is 8.02. The first-order valence-corrected chi connectivity index (χ1v) is 9.87. The minimum Gasteiger partial charge on any atom is -0.336 e. The monoisotopic (exact) mass is 361 g/mol. The Kier molecular flexibility index (Phi) is 3.40. The van der Waals surface area contributed by atoms with Gasteiger partial charge in [0.2, 0.25) is 10.0 Å². The Bertz CT molecular complexity index is 954. The standard InChI is InChI=1S/C16H19N5O3S/c1-19-13(5-8-18-19)15(22)20-9-6-16(10-20)11-21(25(2,23)24)12-4-3-7-17-14(12)16/h3-5,7-8H,6,9-11H2,1-2H3/t16-/m1/s1. The number of rotatable bonds is 2. The second kappa shape index (κ2) is 5.29. The number of likely N-dealkylation sites (tertiary alicyclic amines) is 1. The Morgan fingerprint density at radius 2 is 2.04 bits per heavy atom. The highest BCUT2D eigenvalue weighted by Gasteiger charge is 2.51. The van der Waals surface area contributed by atoms with Crippen molar-refractivity contribution in [2.75, 3.05) is 30.2 Å². The van der Waals surface area contributed by atoms with E-state index in [2.05, 4.69) is 10.1 Å². The number of pyridine rings is 1. The van der Waals surface area contributed by atoms with Gasteiger partial charge in [0.05, 0.1) is 23.1 Å². The lowest BCUT2D eigenvalue weighted by Crippen LogP contribution is -2.40. The molecule has 132 valence electrons. The summed E-state index contributed by atoms with van der Waals surface area (Å²) in [5, 5.41) is 4.05. The smallest absolute Gasteiger partial charge is 0.272 e. The first kappa shape index (κ1) is 16.1. The van der Waals surface area contributed by atoms with Gasteiger partial charge in [0.1, 0.15) is 5.69 Å². The van der Waals surface area contributed by atoms with Gasteiger partial charge < -0.3 is 4.90 Å². The molecular weight excluding hydrogens is 342 g/mol. The van der Waals surface area contributed by atoms with Crippen LogP contribution in [0, 0.1) is 0 Å². The molecule has 0 aromatic carbocycles. The van der Waals surface area contributed by atoms with Crippen LogP contribution < -0.4 is 4.31 Å². The Morgan fingerprint density at radius 3 is 2.72 bits per heavy atom. The minimum absolute atomic E-state index is 0.0906. The van der Waals surface area contributed by atoms with E-state index in [9.17, 15) is 13.2 Å². The summed E-state index contributed by atoms with van der Waals surface area (Å²) in [6.07, 6.45) is 5.16. The summed E-state index contributed by atoms with van der Waals surface area (Å²) >= 11 is 0. The molecule has 1 fully saturated rings. The quantitative estimate of drug-likeness (QED) is 0.772. The van der Waals surface area contributed by atoms with Crippen LogP contribution in [0.3, 0.4) is 0 Å². The molecule has 0 aliphatic carbocycles. The third kappa shape index (κ3) is 2.41. The minimum atomic E-state index is -3.39. The van der Waals surface area contributed by atoms with Crippen LogP contribution in [0.1, 0.15) is 22.6 Å². The van der Waals surface area contributed by atoms with Crippen LogP contribution in [0.25, 0.3) is 0 Å². The number of carbonyl (C=O) groups excluding carboxylic acids is 1. The van der Waals surface area contributed by atoms with Gasteiger partial charge in [-0.2, -0.15) is 5.10 Å². The van der Waals surface area contributed by atoms with Gasteiger partial charge in [0, 0.05) is 39.1 Å². The van der Waals surface area contributed by atoms with Gasteiger partial charge in [0.25, 0.3) is 5.91 Å². The van der Waals surface area contributed by atoms with Crippen LogP contribution >= 0.6 is 0 Å². The van der Waals surface area contributed by atoms with E-state index in [4.69, 9.17) is 0 Å². The fourth-order valence-electron chi connectivity index (χ4n) is 3.85. The number of anilines is 1. The van der Waals surface area contributed by atoms with Crippen molar-refractivity contribution >= 4 is 21.6 Å². The second-order valence-corrected chi connectivity index (χ2v) is 8.64. The van der Waals surface area contributed by atoms with Crippen molar-refractivity contribution in [2.45, 2.75) is 11.8 Å². The zero-order valence-electron chi connectivity index (χ0n) is 14.1. The molecule has 4 heterocycles. The maximum Gasteiger partial charge on any atom is 0.272 e. The van der Waals surface area contributed by atoms with Crippen LogP contribution in [0.4, 0.5) is 5.69 Å². The topological polar surface area (TPSA) is 88.4 Å². The highest BCUT2D eigenvalue weighted by atomic mass is 32.2. The van der Waals surface area contributed by atoms with E-state index in [1.165, 1.54) is 10.6 Å². The second-order valence-electron chi connectivity index (χ2n) is 6.74. The summed E-state index contributed by atoms with van der Waals surface area (Å²) in [6, 6.07) is 5.21. The summed E-state index contributed by atoms with van der Waals surface area (Å²) < 4.78 is 27.3. The van der Waals surface area contributed by atoms with Gasteiger partial charge in [-0.05, 0) is 24.6 Å². The van der Waals surface area contributed by atoms with Gasteiger partial charge in [-0.3, -0.25) is 18.8 Å². The molecule has 0 N–H and O–H groups in total. The Balaban J connectivity index is 1.68. The third-order valence-corrected chi connectivity index (χ3v) is 6.21. The van der Waals surface area contributed by atoms with Crippen LogP contribution in [-0.4, -0.2) is 59.9 Å². The van der Waals surface area contributed by atoms with E-state index >= 15 is 0 Å². The molecule has 0 radical (unpaired) electrons. The molecule has 2 aliphatic rings. The Hall–Kier alpha value is -2.42. The van der Waals surface area contributed by atoms with Crippen molar-refractivity contribution in [1.29, 1.82) is 0 Å². The highest BCUT2D eigenvalue weighted by Crippen LogP contribution is 2.46. The number of aromatic nitrogens is 3. The van der Waals surface area contributed by atoms with E-state index in [0.717, 1.165) is 5.69 Å². The molecule has 0 unspecified atom stereocenters. The molecule has 2 aromatic rings. The number of hydrogen-bond donors (Lipinski definition) is 0. The molecule has 2 aromatic heterocycles. The molecular formula is C16H19N5O3S. The van der Waals surface area contributed by atoms with Crippen molar-refractivity contribution in [3.8, 4) is 0 Å². The van der Waals surface area contributed by atoms with E-state index in [0.29, 0.717) is 37.4 Å². The average Bonchev–Trinajstić information content (AvgIpc) is 3.26. The van der Waals surface area contributed by atoms with Gasteiger partial charge in [-0.15, -0.1) is 0 Å². The van der Waals surface area contributed by atoms with Gasteiger partial charge in [0.15, 0.2) is 0 Å². The number of carbonyl (C=O) groups is 1. The molecule has 2 aliphatic heterocycles. The molecule has 8 nitrogen and oxygen atoms in total. The number of hydrogen-bond acceptors (Lipinski definition) is 5. The maximum atomic E-state index is 12.8. The van der Waals surface area contributed by atoms with Crippen LogP contribution in [0.2, 0.25) is 0 Å². The molecule has 1 spiro atoms. The van der Waals surface area contributed by atoms with E-state index < -0.39 is 15.4 Å². The summed E-state index contributed by atoms with van der Waals surface area (Å²) in [4.78, 5) is 19.0. The van der Waals surface area contributed by atoms with E-state index in [-0.39, 0.29) is 5.91 Å². The summed E-state index contributed by atoms with van der Waals surface area (Å²) in [5.41, 5.74) is 1.46. The van der Waals surface area contributed by atoms with Crippen molar-refractivity contribution < 1.29 is 13.2 Å². The predicted octanol–water partition coefficient (Wildman–Crippen LogP) is 0.379. The van der Waals surface area contributed by atoms with Gasteiger partial charge >= 0.3 is 0 Å². The summed E-state index contributed by atoms with van der Waals surface area (Å²) in [6.45, 7) is 1.35. The van der Waals surface area contributed by atoms with Crippen molar-refractivity contribution in [3.05, 3.63) is 42.0 Å². The third-order valence-electron chi connectivity index (χ3n) is 5.09. The number of sulfonamides is 1. The maximum absolute atomic E-state index is 12.8. The average molecular weight is 361 g/mol. The van der Waals surface area contributed by atoms with E-state index in [1.54, 1.807) is 47.2 Å². The molecule has 4 rings (SSSR count). The molecule has 1 atom stereocenters. The van der Waals surface area contributed by atoms with Crippen molar-refractivity contribution in [1.82, 2.24) is 19.7 Å². The Labute approximate surface area is 146 Å². The van der Waals surface area contributed by atoms with Crippen molar-refractivity contribution in [3.63, 3.8) is 0 Å².